The zero-order chi connectivity index (χ0) is 20.6. The number of aromatic amines is 1. The second-order valence-corrected chi connectivity index (χ2v) is 8.60. The summed E-state index contributed by atoms with van der Waals surface area (Å²) in [6.07, 6.45) is 4.08. The van der Waals surface area contributed by atoms with Crippen LogP contribution in [-0.2, 0) is 24.9 Å². The number of hydrogen-bond acceptors (Lipinski definition) is 5. The number of phenols is 1. The molecule has 2 aromatic heterocycles. The lowest BCUT2D eigenvalue weighted by Crippen LogP contribution is -2.35. The molecule has 0 spiro atoms. The quantitative estimate of drug-likeness (QED) is 0.716. The molecule has 1 aromatic carbocycles. The van der Waals surface area contributed by atoms with Crippen LogP contribution in [-0.4, -0.2) is 31.5 Å². The summed E-state index contributed by atoms with van der Waals surface area (Å²) in [7, 11) is 0. The van der Waals surface area contributed by atoms with Gasteiger partial charge in [-0.15, -0.1) is 0 Å². The topological polar surface area (TPSA) is 82.1 Å². The number of aromatic hydroxyl groups is 1. The van der Waals surface area contributed by atoms with Crippen molar-refractivity contribution in [3.63, 3.8) is 0 Å². The van der Waals surface area contributed by atoms with Crippen LogP contribution < -0.4 is 5.56 Å². The first-order valence-electron chi connectivity index (χ1n) is 9.89. The van der Waals surface area contributed by atoms with Gasteiger partial charge in [-0.05, 0) is 23.1 Å². The molecular weight excluding hydrogens is 364 g/mol. The number of phenolic OH excluding ortho intramolecular Hbond substituents is 1. The Kier molecular flexibility index (Phi) is 4.96. The molecule has 6 nitrogen and oxygen atoms in total. The lowest BCUT2D eigenvalue weighted by Gasteiger charge is -2.29. The highest BCUT2D eigenvalue weighted by atomic mass is 16.3. The van der Waals surface area contributed by atoms with Gasteiger partial charge in [0.15, 0.2) is 0 Å². The van der Waals surface area contributed by atoms with E-state index in [0.29, 0.717) is 36.6 Å². The van der Waals surface area contributed by atoms with Crippen molar-refractivity contribution in [3.05, 3.63) is 75.5 Å². The molecule has 0 amide bonds. The summed E-state index contributed by atoms with van der Waals surface area (Å²) in [5.41, 5.74) is 4.02. The largest absolute Gasteiger partial charge is 0.507 e. The van der Waals surface area contributed by atoms with Crippen LogP contribution in [0, 0.1) is 0 Å². The van der Waals surface area contributed by atoms with E-state index in [9.17, 15) is 9.90 Å². The van der Waals surface area contributed by atoms with Gasteiger partial charge in [0, 0.05) is 49.6 Å². The molecule has 0 fully saturated rings. The van der Waals surface area contributed by atoms with Crippen LogP contribution in [0.15, 0.2) is 47.5 Å². The van der Waals surface area contributed by atoms with Crippen LogP contribution in [0.3, 0.4) is 0 Å². The van der Waals surface area contributed by atoms with E-state index >= 15 is 0 Å². The number of nitrogens with zero attached hydrogens (tertiary/aromatic N) is 3. The summed E-state index contributed by atoms with van der Waals surface area (Å²) < 4.78 is 0. The fraction of sp³-hybridized carbons (Fsp3) is 0.348. The van der Waals surface area contributed by atoms with Crippen LogP contribution in [0.2, 0.25) is 0 Å². The molecule has 3 heterocycles. The zero-order valence-corrected chi connectivity index (χ0v) is 17.1. The molecule has 2 N–H and O–H groups in total. The summed E-state index contributed by atoms with van der Waals surface area (Å²) in [5.74, 6) is 0.936. The third kappa shape index (κ3) is 3.93. The molecular formula is C23H26N4O2. The average molecular weight is 390 g/mol. The van der Waals surface area contributed by atoms with Crippen molar-refractivity contribution < 1.29 is 5.11 Å². The third-order valence-electron chi connectivity index (χ3n) is 5.42. The Balaban J connectivity index is 1.58. The summed E-state index contributed by atoms with van der Waals surface area (Å²) >= 11 is 0. The maximum Gasteiger partial charge on any atom is 0.255 e. The minimum Gasteiger partial charge on any atom is -0.507 e. The number of rotatable bonds is 3. The number of benzene rings is 1. The second kappa shape index (κ2) is 7.44. The molecule has 1 aliphatic rings. The Morgan fingerprint density at radius 1 is 1.17 bits per heavy atom. The van der Waals surface area contributed by atoms with E-state index in [-0.39, 0.29) is 11.0 Å². The Morgan fingerprint density at radius 3 is 2.66 bits per heavy atom. The Hall–Kier alpha value is -2.99. The van der Waals surface area contributed by atoms with Gasteiger partial charge in [0.1, 0.15) is 11.6 Å². The molecule has 0 bridgehead atoms. The number of para-hydroxylation sites is 1. The number of fused-ring (bicyclic) bond motifs is 1. The molecule has 6 heteroatoms. The van der Waals surface area contributed by atoms with Gasteiger partial charge in [0.05, 0.1) is 11.3 Å². The number of aromatic nitrogens is 3. The number of pyridine rings is 1. The highest BCUT2D eigenvalue weighted by Gasteiger charge is 2.24. The first kappa shape index (κ1) is 19.3. The highest BCUT2D eigenvalue weighted by Crippen LogP contribution is 2.34. The van der Waals surface area contributed by atoms with Crippen LogP contribution in [0.25, 0.3) is 11.4 Å². The second-order valence-electron chi connectivity index (χ2n) is 8.60. The minimum atomic E-state index is -0.126. The fourth-order valence-electron chi connectivity index (χ4n) is 3.83. The average Bonchev–Trinajstić information content (AvgIpc) is 2.69. The van der Waals surface area contributed by atoms with Crippen LogP contribution >= 0.6 is 0 Å². The van der Waals surface area contributed by atoms with E-state index in [2.05, 4.69) is 35.6 Å². The molecule has 0 radical (unpaired) electrons. The third-order valence-corrected chi connectivity index (χ3v) is 5.42. The standard InChI is InChI=1S/C23H26N4O2/c1-23(2,3)18-6-4-5-16(20(18)28)13-27-12-9-19-17(14-27)22(29)26-21(25-19)15-7-10-24-11-8-15/h4-8,10-11,28H,9,12-14H2,1-3H3,(H,25,26,29). The zero-order valence-electron chi connectivity index (χ0n) is 17.1. The van der Waals surface area contributed by atoms with E-state index < -0.39 is 0 Å². The van der Waals surface area contributed by atoms with Gasteiger partial charge in [-0.2, -0.15) is 0 Å². The first-order chi connectivity index (χ1) is 13.8. The van der Waals surface area contributed by atoms with Crippen molar-refractivity contribution in [2.24, 2.45) is 0 Å². The van der Waals surface area contributed by atoms with Crippen molar-refractivity contribution in [2.75, 3.05) is 6.54 Å². The maximum absolute atomic E-state index is 12.7. The smallest absolute Gasteiger partial charge is 0.255 e. The summed E-state index contributed by atoms with van der Waals surface area (Å²) in [6.45, 7) is 8.18. The van der Waals surface area contributed by atoms with Crippen molar-refractivity contribution in [2.45, 2.75) is 45.7 Å². The van der Waals surface area contributed by atoms with Gasteiger partial charge < -0.3 is 10.1 Å². The molecule has 4 rings (SSSR count). The molecule has 1 aliphatic heterocycles. The molecule has 0 aliphatic carbocycles. The lowest BCUT2D eigenvalue weighted by atomic mass is 9.85. The Morgan fingerprint density at radius 2 is 1.93 bits per heavy atom. The Bertz CT molecular complexity index is 1080. The molecule has 0 saturated heterocycles. The fourth-order valence-corrected chi connectivity index (χ4v) is 3.83. The highest BCUT2D eigenvalue weighted by molar-refractivity contribution is 5.54. The van der Waals surface area contributed by atoms with Gasteiger partial charge in [0.25, 0.3) is 5.56 Å². The van der Waals surface area contributed by atoms with Crippen molar-refractivity contribution in [1.29, 1.82) is 0 Å². The van der Waals surface area contributed by atoms with Gasteiger partial charge in [-0.25, -0.2) is 4.98 Å². The molecule has 150 valence electrons. The van der Waals surface area contributed by atoms with Crippen LogP contribution in [0.1, 0.15) is 43.2 Å². The molecule has 0 unspecified atom stereocenters. The summed E-state index contributed by atoms with van der Waals surface area (Å²) in [5, 5.41) is 10.8. The van der Waals surface area contributed by atoms with Gasteiger partial charge in [-0.3, -0.25) is 14.7 Å². The van der Waals surface area contributed by atoms with Gasteiger partial charge in [0.2, 0.25) is 0 Å². The number of hydrogen-bond donors (Lipinski definition) is 2. The molecule has 0 atom stereocenters. The molecule has 29 heavy (non-hydrogen) atoms. The maximum atomic E-state index is 12.7. The predicted octanol–water partition coefficient (Wildman–Crippen LogP) is 3.39. The van der Waals surface area contributed by atoms with E-state index in [0.717, 1.165) is 28.9 Å². The van der Waals surface area contributed by atoms with E-state index in [4.69, 9.17) is 4.98 Å². The van der Waals surface area contributed by atoms with Crippen molar-refractivity contribution >= 4 is 0 Å². The number of H-pyrrole nitrogens is 1. The van der Waals surface area contributed by atoms with E-state index in [1.807, 2.05) is 30.3 Å². The van der Waals surface area contributed by atoms with Crippen LogP contribution in [0.4, 0.5) is 0 Å². The monoisotopic (exact) mass is 390 g/mol. The van der Waals surface area contributed by atoms with Crippen molar-refractivity contribution in [1.82, 2.24) is 19.9 Å². The van der Waals surface area contributed by atoms with E-state index in [1.165, 1.54) is 0 Å². The van der Waals surface area contributed by atoms with Crippen molar-refractivity contribution in [3.8, 4) is 17.1 Å². The lowest BCUT2D eigenvalue weighted by molar-refractivity contribution is 0.238. The first-order valence-corrected chi connectivity index (χ1v) is 9.89. The predicted molar refractivity (Wildman–Crippen MR) is 113 cm³/mol. The van der Waals surface area contributed by atoms with Gasteiger partial charge in [-0.1, -0.05) is 39.0 Å². The van der Waals surface area contributed by atoms with Gasteiger partial charge >= 0.3 is 0 Å². The number of nitrogens with one attached hydrogen (secondary N) is 1. The molecule has 0 saturated carbocycles. The van der Waals surface area contributed by atoms with Crippen LogP contribution in [0.5, 0.6) is 5.75 Å². The molecule has 3 aromatic rings. The Labute approximate surface area is 170 Å². The SMILES string of the molecule is CC(C)(C)c1cccc(CN2CCc3nc(-c4ccncc4)[nH]c(=O)c3C2)c1O. The minimum absolute atomic E-state index is 0.0980. The normalized spacial score (nSPS) is 14.6. The summed E-state index contributed by atoms with van der Waals surface area (Å²) in [4.78, 5) is 26.5. The van der Waals surface area contributed by atoms with E-state index in [1.54, 1.807) is 12.4 Å². The summed E-state index contributed by atoms with van der Waals surface area (Å²) in [6, 6.07) is 9.59.